The van der Waals surface area contributed by atoms with Crippen LogP contribution in [0.3, 0.4) is 0 Å². The minimum atomic E-state index is -0.600. The van der Waals surface area contributed by atoms with E-state index in [1.165, 1.54) is 0 Å². The van der Waals surface area contributed by atoms with Gasteiger partial charge in [0.05, 0.1) is 0 Å². The summed E-state index contributed by atoms with van der Waals surface area (Å²) >= 11 is 6.12. The van der Waals surface area contributed by atoms with Crippen LogP contribution in [0.4, 0.5) is 0 Å². The fraction of sp³-hybridized carbons (Fsp3) is 0.294. The van der Waals surface area contributed by atoms with Crippen molar-refractivity contribution in [2.24, 2.45) is 0 Å². The molecular formula is C17H19ClO. The van der Waals surface area contributed by atoms with E-state index in [2.05, 4.69) is 0 Å². The SMILES string of the molecule is Cc1cc(C(O)c2c(C)cccc2C)c(C)cc1Cl. The van der Waals surface area contributed by atoms with Crippen LogP contribution in [0.15, 0.2) is 30.3 Å². The maximum Gasteiger partial charge on any atom is 0.105 e. The molecule has 0 radical (unpaired) electrons. The smallest absolute Gasteiger partial charge is 0.105 e. The molecule has 0 fully saturated rings. The number of aliphatic hydroxyl groups is 1. The minimum absolute atomic E-state index is 0.600. The van der Waals surface area contributed by atoms with Crippen LogP contribution in [0.5, 0.6) is 0 Å². The Morgan fingerprint density at radius 2 is 1.47 bits per heavy atom. The van der Waals surface area contributed by atoms with Crippen molar-refractivity contribution < 1.29 is 5.11 Å². The molecule has 0 heterocycles. The number of rotatable bonds is 2. The lowest BCUT2D eigenvalue weighted by atomic mass is 9.90. The van der Waals surface area contributed by atoms with E-state index >= 15 is 0 Å². The van der Waals surface area contributed by atoms with Gasteiger partial charge in [-0.15, -0.1) is 0 Å². The Morgan fingerprint density at radius 1 is 0.895 bits per heavy atom. The zero-order chi connectivity index (χ0) is 14.2. The van der Waals surface area contributed by atoms with Crippen LogP contribution in [0.25, 0.3) is 0 Å². The molecule has 1 unspecified atom stereocenters. The molecule has 100 valence electrons. The number of benzene rings is 2. The van der Waals surface area contributed by atoms with E-state index in [1.807, 2.05) is 58.0 Å². The van der Waals surface area contributed by atoms with Crippen molar-refractivity contribution in [3.63, 3.8) is 0 Å². The summed E-state index contributed by atoms with van der Waals surface area (Å²) in [5, 5.41) is 11.5. The van der Waals surface area contributed by atoms with Crippen LogP contribution in [0.2, 0.25) is 5.02 Å². The molecule has 19 heavy (non-hydrogen) atoms. The Balaban J connectivity index is 2.56. The maximum absolute atomic E-state index is 10.7. The maximum atomic E-state index is 10.7. The van der Waals surface area contributed by atoms with Crippen LogP contribution in [-0.2, 0) is 0 Å². The normalized spacial score (nSPS) is 12.5. The molecule has 1 N–H and O–H groups in total. The summed E-state index contributed by atoms with van der Waals surface area (Å²) in [7, 11) is 0. The van der Waals surface area contributed by atoms with E-state index in [9.17, 15) is 5.11 Å². The Morgan fingerprint density at radius 3 is 2.05 bits per heavy atom. The van der Waals surface area contributed by atoms with E-state index in [4.69, 9.17) is 11.6 Å². The van der Waals surface area contributed by atoms with Gasteiger partial charge >= 0.3 is 0 Å². The molecule has 2 heteroatoms. The van der Waals surface area contributed by atoms with Gasteiger partial charge < -0.3 is 5.11 Å². The van der Waals surface area contributed by atoms with Crippen molar-refractivity contribution in [3.05, 3.63) is 68.7 Å². The summed E-state index contributed by atoms with van der Waals surface area (Å²) in [5.74, 6) is 0. The number of aliphatic hydroxyl groups excluding tert-OH is 1. The molecule has 0 amide bonds. The Kier molecular flexibility index (Phi) is 3.98. The monoisotopic (exact) mass is 274 g/mol. The minimum Gasteiger partial charge on any atom is -0.384 e. The molecule has 0 bridgehead atoms. The van der Waals surface area contributed by atoms with Gasteiger partial charge in [-0.2, -0.15) is 0 Å². The zero-order valence-corrected chi connectivity index (χ0v) is 12.5. The second kappa shape index (κ2) is 5.36. The lowest BCUT2D eigenvalue weighted by molar-refractivity contribution is 0.218. The first-order valence-electron chi connectivity index (χ1n) is 6.42. The first kappa shape index (κ1) is 14.1. The Hall–Kier alpha value is -1.31. The van der Waals surface area contributed by atoms with E-state index in [-0.39, 0.29) is 0 Å². The topological polar surface area (TPSA) is 20.2 Å². The van der Waals surface area contributed by atoms with E-state index in [1.54, 1.807) is 0 Å². The second-order valence-corrected chi connectivity index (χ2v) is 5.57. The Labute approximate surface area is 119 Å². The lowest BCUT2D eigenvalue weighted by Gasteiger charge is -2.19. The molecule has 0 aliphatic carbocycles. The van der Waals surface area contributed by atoms with Crippen LogP contribution >= 0.6 is 11.6 Å². The fourth-order valence-electron chi connectivity index (χ4n) is 2.51. The molecule has 1 atom stereocenters. The van der Waals surface area contributed by atoms with Gasteiger partial charge in [-0.1, -0.05) is 35.9 Å². The molecule has 0 aliphatic heterocycles. The first-order valence-corrected chi connectivity index (χ1v) is 6.80. The standard InChI is InChI=1S/C17H19ClO/c1-10-6-5-7-11(2)16(10)17(19)14-8-13(4)15(18)9-12(14)3/h5-9,17,19H,1-4H3. The molecule has 1 nitrogen and oxygen atoms in total. The molecule has 0 aliphatic rings. The third-order valence-electron chi connectivity index (χ3n) is 3.66. The predicted molar refractivity (Wildman–Crippen MR) is 80.9 cm³/mol. The predicted octanol–water partition coefficient (Wildman–Crippen LogP) is 4.66. The summed E-state index contributed by atoms with van der Waals surface area (Å²) in [6.07, 6.45) is -0.600. The van der Waals surface area contributed by atoms with Crippen molar-refractivity contribution in [1.82, 2.24) is 0 Å². The van der Waals surface area contributed by atoms with Gasteiger partial charge in [0.25, 0.3) is 0 Å². The number of hydrogen-bond acceptors (Lipinski definition) is 1. The van der Waals surface area contributed by atoms with Crippen LogP contribution in [-0.4, -0.2) is 5.11 Å². The average Bonchev–Trinajstić information content (AvgIpc) is 2.33. The fourth-order valence-corrected chi connectivity index (χ4v) is 2.73. The highest BCUT2D eigenvalue weighted by molar-refractivity contribution is 6.31. The third-order valence-corrected chi connectivity index (χ3v) is 4.06. The highest BCUT2D eigenvalue weighted by Gasteiger charge is 2.18. The molecule has 0 aromatic heterocycles. The van der Waals surface area contributed by atoms with Crippen molar-refractivity contribution in [2.75, 3.05) is 0 Å². The molecule has 0 saturated carbocycles. The summed E-state index contributed by atoms with van der Waals surface area (Å²) < 4.78 is 0. The number of hydrogen-bond donors (Lipinski definition) is 1. The second-order valence-electron chi connectivity index (χ2n) is 5.17. The quantitative estimate of drug-likeness (QED) is 0.845. The van der Waals surface area contributed by atoms with Gasteiger partial charge in [-0.25, -0.2) is 0 Å². The van der Waals surface area contributed by atoms with Crippen LogP contribution in [0, 0.1) is 27.7 Å². The van der Waals surface area contributed by atoms with Crippen LogP contribution in [0.1, 0.15) is 39.5 Å². The molecular weight excluding hydrogens is 256 g/mol. The van der Waals surface area contributed by atoms with E-state index < -0.39 is 6.10 Å². The molecule has 2 aromatic rings. The molecule has 2 aromatic carbocycles. The molecule has 0 spiro atoms. The highest BCUT2D eigenvalue weighted by Crippen LogP contribution is 2.32. The molecule has 2 rings (SSSR count). The van der Waals surface area contributed by atoms with Gasteiger partial charge in [-0.05, 0) is 67.1 Å². The van der Waals surface area contributed by atoms with Gasteiger partial charge in [0.2, 0.25) is 0 Å². The summed E-state index contributed by atoms with van der Waals surface area (Å²) in [6, 6.07) is 9.98. The van der Waals surface area contributed by atoms with Gasteiger partial charge in [0.1, 0.15) is 6.10 Å². The van der Waals surface area contributed by atoms with E-state index in [0.29, 0.717) is 0 Å². The zero-order valence-electron chi connectivity index (χ0n) is 11.8. The van der Waals surface area contributed by atoms with Gasteiger partial charge in [0.15, 0.2) is 0 Å². The number of aryl methyl sites for hydroxylation is 4. The average molecular weight is 275 g/mol. The third kappa shape index (κ3) is 2.68. The highest BCUT2D eigenvalue weighted by atomic mass is 35.5. The van der Waals surface area contributed by atoms with Gasteiger partial charge in [-0.3, -0.25) is 0 Å². The summed E-state index contributed by atoms with van der Waals surface area (Å²) in [5.41, 5.74) is 6.16. The first-order chi connectivity index (χ1) is 8.91. The Bertz CT molecular complexity index is 597. The van der Waals surface area contributed by atoms with Gasteiger partial charge in [0, 0.05) is 5.02 Å². The number of halogens is 1. The molecule has 0 saturated heterocycles. The largest absolute Gasteiger partial charge is 0.384 e. The summed E-state index contributed by atoms with van der Waals surface area (Å²) in [4.78, 5) is 0. The van der Waals surface area contributed by atoms with Crippen molar-refractivity contribution in [2.45, 2.75) is 33.8 Å². The lowest BCUT2D eigenvalue weighted by Crippen LogP contribution is -2.06. The van der Waals surface area contributed by atoms with Crippen molar-refractivity contribution >= 4 is 11.6 Å². The van der Waals surface area contributed by atoms with E-state index in [0.717, 1.165) is 38.4 Å². The van der Waals surface area contributed by atoms with Crippen molar-refractivity contribution in [1.29, 1.82) is 0 Å². The summed E-state index contributed by atoms with van der Waals surface area (Å²) in [6.45, 7) is 8.01. The van der Waals surface area contributed by atoms with Crippen LogP contribution < -0.4 is 0 Å². The van der Waals surface area contributed by atoms with Crippen molar-refractivity contribution in [3.8, 4) is 0 Å².